The quantitative estimate of drug-likeness (QED) is 0.778. The summed E-state index contributed by atoms with van der Waals surface area (Å²) in [5.74, 6) is 1.02. The fraction of sp³-hybridized carbons (Fsp3) is 0.364. The van der Waals surface area contributed by atoms with Gasteiger partial charge >= 0.3 is 0 Å². The van der Waals surface area contributed by atoms with E-state index in [-0.39, 0.29) is 6.04 Å². The first-order valence-corrected chi connectivity index (χ1v) is 4.85. The molecule has 3 heteroatoms. The highest BCUT2D eigenvalue weighted by molar-refractivity contribution is 5.48. The molecule has 0 aliphatic rings. The monoisotopic (exact) mass is 189 g/mol. The van der Waals surface area contributed by atoms with Crippen molar-refractivity contribution in [3.8, 4) is 0 Å². The third-order valence-electron chi connectivity index (χ3n) is 2.34. The highest BCUT2D eigenvalue weighted by Gasteiger charge is 2.01. The van der Waals surface area contributed by atoms with Crippen molar-refractivity contribution in [3.63, 3.8) is 0 Å². The van der Waals surface area contributed by atoms with Crippen molar-refractivity contribution < 1.29 is 0 Å². The smallest absolute Gasteiger partial charge is 0.110 e. The first-order chi connectivity index (χ1) is 6.66. The number of rotatable bonds is 2. The molecule has 1 unspecified atom stereocenters. The molecule has 2 N–H and O–H groups in total. The molecule has 74 valence electrons. The van der Waals surface area contributed by atoms with Crippen molar-refractivity contribution in [2.24, 2.45) is 5.73 Å². The van der Waals surface area contributed by atoms with Gasteiger partial charge in [0, 0.05) is 12.2 Å². The molecule has 0 radical (unpaired) electrons. The van der Waals surface area contributed by atoms with E-state index in [4.69, 9.17) is 5.73 Å². The number of aromatic nitrogens is 2. The highest BCUT2D eigenvalue weighted by Crippen LogP contribution is 2.10. The minimum absolute atomic E-state index is 0.210. The summed E-state index contributed by atoms with van der Waals surface area (Å²) in [6.45, 7) is 4.02. The molecule has 0 aliphatic carbocycles. The molecular weight excluding hydrogens is 174 g/mol. The van der Waals surface area contributed by atoms with Crippen LogP contribution in [0.5, 0.6) is 0 Å². The zero-order valence-corrected chi connectivity index (χ0v) is 8.57. The van der Waals surface area contributed by atoms with Gasteiger partial charge in [-0.3, -0.25) is 0 Å². The van der Waals surface area contributed by atoms with Crippen LogP contribution in [0.4, 0.5) is 0 Å². The van der Waals surface area contributed by atoms with Gasteiger partial charge in [-0.25, -0.2) is 4.98 Å². The molecule has 0 amide bonds. The largest absolute Gasteiger partial charge is 0.328 e. The second-order valence-electron chi connectivity index (χ2n) is 3.82. The van der Waals surface area contributed by atoms with Gasteiger partial charge in [-0.05, 0) is 38.0 Å². The van der Waals surface area contributed by atoms with Crippen molar-refractivity contribution in [2.45, 2.75) is 26.3 Å². The fourth-order valence-electron chi connectivity index (χ4n) is 1.68. The van der Waals surface area contributed by atoms with E-state index >= 15 is 0 Å². The van der Waals surface area contributed by atoms with E-state index < -0.39 is 0 Å². The number of pyridine rings is 1. The Labute approximate surface area is 83.6 Å². The van der Waals surface area contributed by atoms with Crippen molar-refractivity contribution in [3.05, 3.63) is 35.9 Å². The summed E-state index contributed by atoms with van der Waals surface area (Å²) in [5, 5.41) is 0. The zero-order valence-electron chi connectivity index (χ0n) is 8.57. The van der Waals surface area contributed by atoms with Gasteiger partial charge in [-0.1, -0.05) is 0 Å². The zero-order chi connectivity index (χ0) is 10.1. The Morgan fingerprint density at radius 1 is 1.57 bits per heavy atom. The van der Waals surface area contributed by atoms with Crippen LogP contribution in [0, 0.1) is 6.92 Å². The minimum Gasteiger partial charge on any atom is -0.328 e. The highest BCUT2D eigenvalue weighted by atomic mass is 15.0. The van der Waals surface area contributed by atoms with Crippen LogP contribution in [0.1, 0.15) is 18.3 Å². The number of nitrogens with zero attached hydrogens (tertiary/aromatic N) is 2. The first kappa shape index (κ1) is 9.21. The SMILES string of the molecule is Cc1ncc2cc(CC(C)N)ccn12. The molecular formula is C11H15N3. The van der Waals surface area contributed by atoms with Crippen LogP contribution >= 0.6 is 0 Å². The van der Waals surface area contributed by atoms with Crippen molar-refractivity contribution in [1.82, 2.24) is 9.38 Å². The molecule has 2 aromatic rings. The third kappa shape index (κ3) is 1.63. The van der Waals surface area contributed by atoms with E-state index in [0.29, 0.717) is 0 Å². The predicted molar refractivity (Wildman–Crippen MR) is 57.3 cm³/mol. The van der Waals surface area contributed by atoms with Crippen molar-refractivity contribution in [2.75, 3.05) is 0 Å². The second kappa shape index (κ2) is 3.42. The van der Waals surface area contributed by atoms with E-state index in [1.807, 2.05) is 20.0 Å². The maximum absolute atomic E-state index is 5.75. The van der Waals surface area contributed by atoms with Gasteiger partial charge in [0.1, 0.15) is 5.82 Å². The lowest BCUT2D eigenvalue weighted by Gasteiger charge is -2.05. The van der Waals surface area contributed by atoms with Crippen LogP contribution < -0.4 is 5.73 Å². The Kier molecular flexibility index (Phi) is 2.25. The van der Waals surface area contributed by atoms with Gasteiger partial charge in [0.05, 0.1) is 11.7 Å². The minimum atomic E-state index is 0.210. The molecule has 14 heavy (non-hydrogen) atoms. The van der Waals surface area contributed by atoms with Gasteiger partial charge in [0.2, 0.25) is 0 Å². The summed E-state index contributed by atoms with van der Waals surface area (Å²) in [6, 6.07) is 4.45. The molecule has 0 fully saturated rings. The molecule has 0 saturated heterocycles. The number of fused-ring (bicyclic) bond motifs is 1. The average molecular weight is 189 g/mol. The molecule has 0 aliphatic heterocycles. The summed E-state index contributed by atoms with van der Waals surface area (Å²) in [4.78, 5) is 4.25. The number of imidazole rings is 1. The molecule has 0 bridgehead atoms. The summed E-state index contributed by atoms with van der Waals surface area (Å²) < 4.78 is 2.07. The van der Waals surface area contributed by atoms with Gasteiger partial charge in [0.15, 0.2) is 0 Å². The molecule has 0 saturated carbocycles. The Morgan fingerprint density at radius 3 is 3.07 bits per heavy atom. The summed E-state index contributed by atoms with van der Waals surface area (Å²) in [7, 11) is 0. The van der Waals surface area contributed by atoms with E-state index in [9.17, 15) is 0 Å². The molecule has 2 heterocycles. The Morgan fingerprint density at radius 2 is 2.36 bits per heavy atom. The Balaban J connectivity index is 2.42. The second-order valence-corrected chi connectivity index (χ2v) is 3.82. The van der Waals surface area contributed by atoms with Gasteiger partial charge in [0.25, 0.3) is 0 Å². The van der Waals surface area contributed by atoms with E-state index in [0.717, 1.165) is 17.8 Å². The van der Waals surface area contributed by atoms with Gasteiger partial charge in [-0.15, -0.1) is 0 Å². The first-order valence-electron chi connectivity index (χ1n) is 4.85. The summed E-state index contributed by atoms with van der Waals surface area (Å²) in [5.41, 5.74) is 8.16. The van der Waals surface area contributed by atoms with Crippen molar-refractivity contribution in [1.29, 1.82) is 0 Å². The standard InChI is InChI=1S/C11H15N3/c1-8(12)5-10-3-4-14-9(2)13-7-11(14)6-10/h3-4,6-8H,5,12H2,1-2H3. The van der Waals surface area contributed by atoms with Gasteiger partial charge in [-0.2, -0.15) is 0 Å². The van der Waals surface area contributed by atoms with E-state index in [1.165, 1.54) is 5.56 Å². The Hall–Kier alpha value is -1.35. The summed E-state index contributed by atoms with van der Waals surface area (Å²) in [6.07, 6.45) is 4.86. The van der Waals surface area contributed by atoms with Gasteiger partial charge < -0.3 is 10.1 Å². The lowest BCUT2D eigenvalue weighted by Crippen LogP contribution is -2.17. The number of aryl methyl sites for hydroxylation is 1. The van der Waals surface area contributed by atoms with Crippen LogP contribution in [-0.2, 0) is 6.42 Å². The molecule has 2 rings (SSSR count). The Bertz CT molecular complexity index is 443. The lowest BCUT2D eigenvalue weighted by molar-refractivity contribution is 0.737. The molecule has 1 atom stereocenters. The molecule has 0 spiro atoms. The number of hydrogen-bond donors (Lipinski definition) is 1. The van der Waals surface area contributed by atoms with Crippen LogP contribution in [0.25, 0.3) is 5.52 Å². The van der Waals surface area contributed by atoms with Crippen LogP contribution in [0.2, 0.25) is 0 Å². The normalized spacial score (nSPS) is 13.4. The predicted octanol–water partition coefficient (Wildman–Crippen LogP) is 1.53. The summed E-state index contributed by atoms with van der Waals surface area (Å²) >= 11 is 0. The lowest BCUT2D eigenvalue weighted by atomic mass is 10.1. The number of nitrogens with two attached hydrogens (primary N) is 1. The average Bonchev–Trinajstić information content (AvgIpc) is 2.46. The topological polar surface area (TPSA) is 43.3 Å². The maximum atomic E-state index is 5.75. The molecule has 2 aromatic heterocycles. The molecule has 0 aromatic carbocycles. The third-order valence-corrected chi connectivity index (χ3v) is 2.34. The van der Waals surface area contributed by atoms with Crippen LogP contribution in [-0.4, -0.2) is 15.4 Å². The number of hydrogen-bond acceptors (Lipinski definition) is 2. The van der Waals surface area contributed by atoms with Crippen LogP contribution in [0.3, 0.4) is 0 Å². The molecule has 3 nitrogen and oxygen atoms in total. The van der Waals surface area contributed by atoms with Crippen molar-refractivity contribution >= 4 is 5.52 Å². The van der Waals surface area contributed by atoms with Crippen LogP contribution in [0.15, 0.2) is 24.5 Å². The van der Waals surface area contributed by atoms with E-state index in [1.54, 1.807) is 0 Å². The maximum Gasteiger partial charge on any atom is 0.110 e. The fourth-order valence-corrected chi connectivity index (χ4v) is 1.68. The van der Waals surface area contributed by atoms with E-state index in [2.05, 4.69) is 27.7 Å².